The minimum Gasteiger partial charge on any atom is -0.495 e. The first-order chi connectivity index (χ1) is 10.1. The second kappa shape index (κ2) is 6.80. The van der Waals surface area contributed by atoms with E-state index in [0.29, 0.717) is 29.4 Å². The Morgan fingerprint density at radius 1 is 1.33 bits per heavy atom. The van der Waals surface area contributed by atoms with E-state index in [4.69, 9.17) is 16.3 Å². The average Bonchev–Trinajstić information content (AvgIpc) is 3.25. The summed E-state index contributed by atoms with van der Waals surface area (Å²) in [5, 5.41) is 6.02. The van der Waals surface area contributed by atoms with Gasteiger partial charge in [0, 0.05) is 12.2 Å². The molecule has 114 valence electrons. The number of nitrogens with one attached hydrogen (secondary N) is 2. The highest BCUT2D eigenvalue weighted by Crippen LogP contribution is 2.39. The molecule has 2 unspecified atom stereocenters. The number of rotatable bonds is 6. The third-order valence-corrected chi connectivity index (χ3v) is 3.73. The number of carbonyl (C=O) groups is 2. The van der Waals surface area contributed by atoms with Crippen LogP contribution in [0.1, 0.15) is 19.8 Å². The Morgan fingerprint density at radius 3 is 2.67 bits per heavy atom. The van der Waals surface area contributed by atoms with Gasteiger partial charge in [-0.2, -0.15) is 0 Å². The third kappa shape index (κ3) is 3.88. The number of methoxy groups -OCH3 is 1. The van der Waals surface area contributed by atoms with Gasteiger partial charge >= 0.3 is 0 Å². The zero-order valence-corrected chi connectivity index (χ0v) is 12.9. The van der Waals surface area contributed by atoms with Crippen molar-refractivity contribution in [1.29, 1.82) is 0 Å². The summed E-state index contributed by atoms with van der Waals surface area (Å²) in [6, 6.07) is 5.04. The molecule has 5 nitrogen and oxygen atoms in total. The molecule has 21 heavy (non-hydrogen) atoms. The van der Waals surface area contributed by atoms with Crippen LogP contribution in [0.25, 0.3) is 0 Å². The molecule has 6 heteroatoms. The topological polar surface area (TPSA) is 67.4 Å². The van der Waals surface area contributed by atoms with E-state index in [9.17, 15) is 9.59 Å². The Hall–Kier alpha value is -1.75. The maximum absolute atomic E-state index is 12.1. The van der Waals surface area contributed by atoms with E-state index in [-0.39, 0.29) is 23.7 Å². The highest BCUT2D eigenvalue weighted by Gasteiger charge is 2.47. The predicted octanol–water partition coefficient (Wildman–Crippen LogP) is 2.45. The van der Waals surface area contributed by atoms with E-state index in [1.165, 1.54) is 7.11 Å². The predicted molar refractivity (Wildman–Crippen MR) is 81.5 cm³/mol. The van der Waals surface area contributed by atoms with Crippen molar-refractivity contribution in [2.45, 2.75) is 19.8 Å². The molecule has 2 atom stereocenters. The summed E-state index contributed by atoms with van der Waals surface area (Å²) in [7, 11) is 1.53. The van der Waals surface area contributed by atoms with Gasteiger partial charge in [-0.05, 0) is 31.0 Å². The monoisotopic (exact) mass is 310 g/mol. The molecule has 0 aromatic heterocycles. The molecule has 1 saturated carbocycles. The second-order valence-corrected chi connectivity index (χ2v) is 5.49. The van der Waals surface area contributed by atoms with E-state index in [1.54, 1.807) is 18.2 Å². The second-order valence-electron chi connectivity index (χ2n) is 5.08. The van der Waals surface area contributed by atoms with E-state index in [1.807, 2.05) is 6.92 Å². The lowest BCUT2D eigenvalue weighted by molar-refractivity contribution is -0.125. The molecule has 0 saturated heterocycles. The summed E-state index contributed by atoms with van der Waals surface area (Å²) in [6.45, 7) is 2.64. The van der Waals surface area contributed by atoms with Gasteiger partial charge in [0.15, 0.2) is 0 Å². The summed E-state index contributed by atoms with van der Waals surface area (Å²) in [6.07, 6.45) is 1.49. The first-order valence-corrected chi connectivity index (χ1v) is 7.36. The first-order valence-electron chi connectivity index (χ1n) is 6.99. The standard InChI is InChI=1S/C15H19ClN2O3/c1-3-6-17-14(19)10-8-11(10)15(20)18-9-4-5-13(21-2)12(16)7-9/h4-5,7,10-11H,3,6,8H2,1-2H3,(H,17,19)(H,18,20). The van der Waals surface area contributed by atoms with Crippen molar-refractivity contribution < 1.29 is 14.3 Å². The van der Waals surface area contributed by atoms with Crippen LogP contribution in [-0.2, 0) is 9.59 Å². The molecule has 0 spiro atoms. The molecule has 2 amide bonds. The Kier molecular flexibility index (Phi) is 5.07. The summed E-state index contributed by atoms with van der Waals surface area (Å²) in [5.41, 5.74) is 0.602. The number of anilines is 1. The number of ether oxygens (including phenoxy) is 1. The van der Waals surface area contributed by atoms with E-state index in [2.05, 4.69) is 10.6 Å². The SMILES string of the molecule is CCCNC(=O)C1CC1C(=O)Nc1ccc(OC)c(Cl)c1. The summed E-state index contributed by atoms with van der Waals surface area (Å²) >= 11 is 6.00. The molecular formula is C15H19ClN2O3. The van der Waals surface area contributed by atoms with Crippen LogP contribution in [0.15, 0.2) is 18.2 Å². The fraction of sp³-hybridized carbons (Fsp3) is 0.467. The maximum Gasteiger partial charge on any atom is 0.228 e. The molecule has 1 aromatic carbocycles. The van der Waals surface area contributed by atoms with Crippen LogP contribution in [0.2, 0.25) is 5.02 Å². The minimum atomic E-state index is -0.247. The van der Waals surface area contributed by atoms with Crippen molar-refractivity contribution in [1.82, 2.24) is 5.32 Å². The highest BCUT2D eigenvalue weighted by molar-refractivity contribution is 6.32. The lowest BCUT2D eigenvalue weighted by Gasteiger charge is -2.08. The summed E-state index contributed by atoms with van der Waals surface area (Å²) in [4.78, 5) is 23.8. The molecule has 0 bridgehead atoms. The van der Waals surface area contributed by atoms with Gasteiger partial charge in [0.05, 0.1) is 24.0 Å². The number of halogens is 1. The summed E-state index contributed by atoms with van der Waals surface area (Å²) < 4.78 is 5.05. The van der Waals surface area contributed by atoms with Crippen molar-refractivity contribution in [3.05, 3.63) is 23.2 Å². The van der Waals surface area contributed by atoms with Gasteiger partial charge in [0.25, 0.3) is 0 Å². The van der Waals surface area contributed by atoms with Gasteiger partial charge < -0.3 is 15.4 Å². The van der Waals surface area contributed by atoms with E-state index in [0.717, 1.165) is 6.42 Å². The van der Waals surface area contributed by atoms with E-state index >= 15 is 0 Å². The molecule has 0 heterocycles. The number of carbonyl (C=O) groups excluding carboxylic acids is 2. The van der Waals surface area contributed by atoms with Crippen LogP contribution < -0.4 is 15.4 Å². The van der Waals surface area contributed by atoms with Gasteiger partial charge in [0.2, 0.25) is 11.8 Å². The van der Waals surface area contributed by atoms with Crippen LogP contribution in [0.4, 0.5) is 5.69 Å². The Balaban J connectivity index is 1.88. The van der Waals surface area contributed by atoms with Gasteiger partial charge in [-0.3, -0.25) is 9.59 Å². The molecule has 1 aromatic rings. The van der Waals surface area contributed by atoms with Crippen LogP contribution in [0, 0.1) is 11.8 Å². The smallest absolute Gasteiger partial charge is 0.228 e. The normalized spacial score (nSPS) is 19.8. The van der Waals surface area contributed by atoms with Gasteiger partial charge in [-0.15, -0.1) is 0 Å². The van der Waals surface area contributed by atoms with E-state index < -0.39 is 0 Å². The third-order valence-electron chi connectivity index (χ3n) is 3.43. The fourth-order valence-electron chi connectivity index (χ4n) is 2.13. The van der Waals surface area contributed by atoms with Crippen molar-refractivity contribution in [3.63, 3.8) is 0 Å². The van der Waals surface area contributed by atoms with Gasteiger partial charge in [0.1, 0.15) is 5.75 Å². The number of hydrogen-bond donors (Lipinski definition) is 2. The average molecular weight is 311 g/mol. The zero-order valence-electron chi connectivity index (χ0n) is 12.1. The van der Waals surface area contributed by atoms with Crippen molar-refractivity contribution in [2.24, 2.45) is 11.8 Å². The minimum absolute atomic E-state index is 0.0373. The highest BCUT2D eigenvalue weighted by atomic mass is 35.5. The maximum atomic E-state index is 12.1. The first kappa shape index (κ1) is 15.6. The van der Waals surface area contributed by atoms with Gasteiger partial charge in [-0.1, -0.05) is 18.5 Å². The molecule has 2 N–H and O–H groups in total. The number of hydrogen-bond acceptors (Lipinski definition) is 3. The van der Waals surface area contributed by atoms with Crippen LogP contribution >= 0.6 is 11.6 Å². The largest absolute Gasteiger partial charge is 0.495 e. The molecule has 0 radical (unpaired) electrons. The molecule has 0 aliphatic heterocycles. The molecule has 1 fully saturated rings. The molecule has 1 aliphatic rings. The van der Waals surface area contributed by atoms with Crippen molar-refractivity contribution in [3.8, 4) is 5.75 Å². The fourth-order valence-corrected chi connectivity index (χ4v) is 2.39. The number of benzene rings is 1. The van der Waals surface area contributed by atoms with Crippen LogP contribution in [0.3, 0.4) is 0 Å². The molecule has 2 rings (SSSR count). The lowest BCUT2D eigenvalue weighted by atomic mass is 10.2. The quantitative estimate of drug-likeness (QED) is 0.848. The van der Waals surface area contributed by atoms with Crippen LogP contribution in [0.5, 0.6) is 5.75 Å². The summed E-state index contributed by atoms with van der Waals surface area (Å²) in [5.74, 6) is -0.0800. The Bertz CT molecular complexity index is 548. The van der Waals surface area contributed by atoms with Crippen molar-refractivity contribution >= 4 is 29.1 Å². The Labute approximate surface area is 129 Å². The molecular weight excluding hydrogens is 292 g/mol. The van der Waals surface area contributed by atoms with Crippen molar-refractivity contribution in [2.75, 3.05) is 19.0 Å². The molecule has 1 aliphatic carbocycles. The van der Waals surface area contributed by atoms with Crippen LogP contribution in [-0.4, -0.2) is 25.5 Å². The zero-order chi connectivity index (χ0) is 15.4. The van der Waals surface area contributed by atoms with Gasteiger partial charge in [-0.25, -0.2) is 0 Å². The lowest BCUT2D eigenvalue weighted by Crippen LogP contribution is -2.27. The number of amides is 2. The Morgan fingerprint density at radius 2 is 2.05 bits per heavy atom.